The number of nitrogens with zero attached hydrogens (tertiary/aromatic N) is 1. The number of benzene rings is 1. The second-order valence-electron chi connectivity index (χ2n) is 7.65. The van der Waals surface area contributed by atoms with Crippen molar-refractivity contribution in [2.75, 3.05) is 18.5 Å². The van der Waals surface area contributed by atoms with Crippen molar-refractivity contribution >= 4 is 23.3 Å². The average molecular weight is 404 g/mol. The van der Waals surface area contributed by atoms with Gasteiger partial charge < -0.3 is 10.1 Å². The molecule has 1 aromatic rings. The van der Waals surface area contributed by atoms with Gasteiger partial charge in [-0.15, -0.1) is 0 Å². The normalized spacial score (nSPS) is 21.0. The summed E-state index contributed by atoms with van der Waals surface area (Å²) in [5.74, 6) is -2.68. The molecule has 8 heteroatoms. The molecule has 1 saturated carbocycles. The summed E-state index contributed by atoms with van der Waals surface area (Å²) < 4.78 is 4.98. The van der Waals surface area contributed by atoms with Crippen LogP contribution in [0.15, 0.2) is 24.3 Å². The summed E-state index contributed by atoms with van der Waals surface area (Å²) in [6, 6.07) is 7.48. The number of hydrogen-bond acceptors (Lipinski definition) is 6. The standard InChI is InChI=1S/C21H28N2O6/c1-3-4-5-15-6-8-16(9-7-15)22-20(25)13-29-21(26)11-17-18(12-23(27)28)14(2)10-19(17)24/h6-9,14,17-18H,3-5,10-13H2,1-2H3,(H,22,25)/t14-,17-,18+/m1/s1. The molecule has 1 N–H and O–H groups in total. The second-order valence-corrected chi connectivity index (χ2v) is 7.65. The molecule has 0 radical (unpaired) electrons. The molecule has 1 amide bonds. The SMILES string of the molecule is CCCCc1ccc(NC(=O)COC(=O)C[C@H]2C(=O)C[C@@H](C)[C@@H]2C[N+](=O)[O-])cc1. The Hall–Kier alpha value is -2.77. The Bertz CT molecular complexity index is 746. The lowest BCUT2D eigenvalue weighted by molar-refractivity contribution is -0.490. The van der Waals surface area contributed by atoms with Gasteiger partial charge in [0.05, 0.1) is 6.42 Å². The number of Topliss-reactive ketones (excluding diaryl/α,β-unsaturated/α-hetero) is 1. The number of amides is 1. The van der Waals surface area contributed by atoms with E-state index in [1.165, 1.54) is 5.56 Å². The number of ketones is 1. The number of ether oxygens (including phenoxy) is 1. The first-order valence-corrected chi connectivity index (χ1v) is 9.99. The van der Waals surface area contributed by atoms with Gasteiger partial charge in [0.15, 0.2) is 6.61 Å². The van der Waals surface area contributed by atoms with Crippen molar-refractivity contribution in [3.63, 3.8) is 0 Å². The molecule has 2 rings (SSSR count). The number of unbranched alkanes of at least 4 members (excludes halogenated alkanes) is 1. The lowest BCUT2D eigenvalue weighted by atomic mass is 9.88. The number of nitrogens with one attached hydrogen (secondary N) is 1. The van der Waals surface area contributed by atoms with Crippen LogP contribution in [0.1, 0.15) is 45.1 Å². The van der Waals surface area contributed by atoms with Crippen molar-refractivity contribution in [3.05, 3.63) is 39.9 Å². The number of aryl methyl sites for hydroxylation is 1. The average Bonchev–Trinajstić information content (AvgIpc) is 2.92. The van der Waals surface area contributed by atoms with Crippen LogP contribution in [-0.4, -0.2) is 35.7 Å². The summed E-state index contributed by atoms with van der Waals surface area (Å²) in [5.41, 5.74) is 1.80. The number of rotatable bonds is 10. The number of carbonyl (C=O) groups is 3. The lowest BCUT2D eigenvalue weighted by Crippen LogP contribution is -2.28. The van der Waals surface area contributed by atoms with Crippen LogP contribution in [0, 0.1) is 27.9 Å². The van der Waals surface area contributed by atoms with Crippen molar-refractivity contribution in [1.82, 2.24) is 0 Å². The molecule has 0 saturated heterocycles. The summed E-state index contributed by atoms with van der Waals surface area (Å²) in [7, 11) is 0. The highest BCUT2D eigenvalue weighted by atomic mass is 16.6. The molecule has 0 aliphatic heterocycles. The molecule has 8 nitrogen and oxygen atoms in total. The first-order chi connectivity index (χ1) is 13.8. The second kappa shape index (κ2) is 10.7. The highest BCUT2D eigenvalue weighted by Gasteiger charge is 2.44. The van der Waals surface area contributed by atoms with Crippen molar-refractivity contribution in [2.45, 2.75) is 46.0 Å². The van der Waals surface area contributed by atoms with Crippen LogP contribution in [0.5, 0.6) is 0 Å². The molecule has 0 spiro atoms. The van der Waals surface area contributed by atoms with E-state index >= 15 is 0 Å². The van der Waals surface area contributed by atoms with Crippen LogP contribution in [0.4, 0.5) is 5.69 Å². The number of esters is 1. The van der Waals surface area contributed by atoms with E-state index in [0.29, 0.717) is 5.69 Å². The van der Waals surface area contributed by atoms with Crippen molar-refractivity contribution in [2.24, 2.45) is 17.8 Å². The predicted molar refractivity (Wildman–Crippen MR) is 107 cm³/mol. The largest absolute Gasteiger partial charge is 0.456 e. The summed E-state index contributed by atoms with van der Waals surface area (Å²) in [5, 5.41) is 13.5. The Morgan fingerprint density at radius 3 is 2.59 bits per heavy atom. The van der Waals surface area contributed by atoms with Crippen molar-refractivity contribution in [1.29, 1.82) is 0 Å². The van der Waals surface area contributed by atoms with E-state index in [1.54, 1.807) is 19.1 Å². The maximum atomic E-state index is 12.1. The quantitative estimate of drug-likeness (QED) is 0.364. The number of anilines is 1. The molecular weight excluding hydrogens is 376 g/mol. The molecule has 1 aliphatic carbocycles. The highest BCUT2D eigenvalue weighted by Crippen LogP contribution is 2.36. The fourth-order valence-corrected chi connectivity index (χ4v) is 3.72. The van der Waals surface area contributed by atoms with E-state index in [0.717, 1.165) is 19.3 Å². The van der Waals surface area contributed by atoms with Crippen LogP contribution in [0.3, 0.4) is 0 Å². The zero-order valence-electron chi connectivity index (χ0n) is 16.9. The predicted octanol–water partition coefficient (Wildman–Crippen LogP) is 3.02. The zero-order chi connectivity index (χ0) is 21.4. The van der Waals surface area contributed by atoms with E-state index in [4.69, 9.17) is 4.74 Å². The molecule has 0 unspecified atom stereocenters. The third-order valence-corrected chi connectivity index (χ3v) is 5.35. The Kier molecular flexibility index (Phi) is 8.30. The van der Waals surface area contributed by atoms with Gasteiger partial charge in [-0.3, -0.25) is 24.5 Å². The van der Waals surface area contributed by atoms with Crippen LogP contribution in [0.2, 0.25) is 0 Å². The minimum Gasteiger partial charge on any atom is -0.456 e. The minimum atomic E-state index is -0.721. The number of nitro groups is 1. The maximum Gasteiger partial charge on any atom is 0.307 e. The Balaban J connectivity index is 1.80. The first-order valence-electron chi connectivity index (χ1n) is 9.99. The van der Waals surface area contributed by atoms with Gasteiger partial charge in [-0.1, -0.05) is 32.4 Å². The maximum absolute atomic E-state index is 12.1. The minimum absolute atomic E-state index is 0.144. The third kappa shape index (κ3) is 6.96. The Morgan fingerprint density at radius 2 is 1.97 bits per heavy atom. The van der Waals surface area contributed by atoms with Crippen LogP contribution in [-0.2, 0) is 25.5 Å². The van der Waals surface area contributed by atoms with Gasteiger partial charge in [0.1, 0.15) is 5.78 Å². The fourth-order valence-electron chi connectivity index (χ4n) is 3.72. The Morgan fingerprint density at radius 1 is 1.28 bits per heavy atom. The summed E-state index contributed by atoms with van der Waals surface area (Å²) >= 11 is 0. The van der Waals surface area contributed by atoms with Crippen molar-refractivity contribution < 1.29 is 24.0 Å². The van der Waals surface area contributed by atoms with Crippen LogP contribution >= 0.6 is 0 Å². The summed E-state index contributed by atoms with van der Waals surface area (Å²) in [4.78, 5) is 46.5. The molecule has 1 aliphatic rings. The molecule has 1 aromatic carbocycles. The van der Waals surface area contributed by atoms with Crippen LogP contribution in [0.25, 0.3) is 0 Å². The van der Waals surface area contributed by atoms with Gasteiger partial charge in [-0.05, 0) is 36.5 Å². The van der Waals surface area contributed by atoms with E-state index in [2.05, 4.69) is 12.2 Å². The zero-order valence-corrected chi connectivity index (χ0v) is 16.9. The molecule has 0 aromatic heterocycles. The molecule has 158 valence electrons. The van der Waals surface area contributed by atoms with Gasteiger partial charge in [0.25, 0.3) is 5.91 Å². The number of hydrogen-bond donors (Lipinski definition) is 1. The topological polar surface area (TPSA) is 116 Å². The van der Waals surface area contributed by atoms with E-state index in [9.17, 15) is 24.5 Å². The van der Waals surface area contributed by atoms with E-state index in [-0.39, 0.29) is 31.1 Å². The highest BCUT2D eigenvalue weighted by molar-refractivity contribution is 5.93. The third-order valence-electron chi connectivity index (χ3n) is 5.35. The molecule has 3 atom stereocenters. The smallest absolute Gasteiger partial charge is 0.307 e. The van der Waals surface area contributed by atoms with E-state index < -0.39 is 35.2 Å². The van der Waals surface area contributed by atoms with Gasteiger partial charge in [-0.25, -0.2) is 0 Å². The van der Waals surface area contributed by atoms with E-state index in [1.807, 2.05) is 12.1 Å². The molecule has 0 heterocycles. The Labute approximate surface area is 170 Å². The van der Waals surface area contributed by atoms with Gasteiger partial charge in [0, 0.05) is 28.9 Å². The molecule has 0 bridgehead atoms. The van der Waals surface area contributed by atoms with Gasteiger partial charge in [-0.2, -0.15) is 0 Å². The number of carbonyl (C=O) groups excluding carboxylic acids is 3. The summed E-state index contributed by atoms with van der Waals surface area (Å²) in [6.45, 7) is 3.09. The molecule has 29 heavy (non-hydrogen) atoms. The van der Waals surface area contributed by atoms with Crippen molar-refractivity contribution in [3.8, 4) is 0 Å². The monoisotopic (exact) mass is 404 g/mol. The van der Waals surface area contributed by atoms with Gasteiger partial charge >= 0.3 is 5.97 Å². The first kappa shape index (κ1) is 22.5. The van der Waals surface area contributed by atoms with Gasteiger partial charge in [0.2, 0.25) is 6.54 Å². The fraction of sp³-hybridized carbons (Fsp3) is 0.571. The summed E-state index contributed by atoms with van der Waals surface area (Å²) in [6.07, 6.45) is 3.19. The molecule has 1 fully saturated rings. The lowest BCUT2D eigenvalue weighted by Gasteiger charge is -2.17. The van der Waals surface area contributed by atoms with Crippen LogP contribution < -0.4 is 5.32 Å². The molecular formula is C21H28N2O6.